The zero-order valence-corrected chi connectivity index (χ0v) is 12.3. The molecule has 1 aromatic rings. The number of nitrogens with zero attached hydrogens (tertiary/aromatic N) is 3. The minimum absolute atomic E-state index is 0.171. The topological polar surface area (TPSA) is 30.7 Å². The first-order valence-corrected chi connectivity index (χ1v) is 6.62. The Morgan fingerprint density at radius 3 is 2.35 bits per heavy atom. The van der Waals surface area contributed by atoms with Crippen LogP contribution in [0.4, 0.5) is 3.89 Å². The first kappa shape index (κ1) is 14.5. The molecule has 98 valence electrons. The molecule has 0 spiro atoms. The molecule has 0 aliphatic carbocycles. The van der Waals surface area contributed by atoms with Crippen molar-refractivity contribution in [2.24, 2.45) is 0 Å². The summed E-state index contributed by atoms with van der Waals surface area (Å²) in [5.74, 6) is 0. The van der Waals surface area contributed by atoms with Crippen LogP contribution in [0, 0.1) is 0 Å². The van der Waals surface area contributed by atoms with Gasteiger partial charge in [0.25, 0.3) is 0 Å². The largest absolute Gasteiger partial charge is 0.250 e. The Labute approximate surface area is 107 Å². The predicted octanol–water partition coefficient (Wildman–Crippen LogP) is 3.92. The van der Waals surface area contributed by atoms with E-state index < -0.39 is 4.75 Å². The molecule has 5 heteroatoms. The minimum Gasteiger partial charge on any atom is -0.250 e. The van der Waals surface area contributed by atoms with Crippen molar-refractivity contribution in [1.82, 2.24) is 15.0 Å². The van der Waals surface area contributed by atoms with Gasteiger partial charge in [0.2, 0.25) is 0 Å². The van der Waals surface area contributed by atoms with E-state index in [-0.39, 0.29) is 5.41 Å². The van der Waals surface area contributed by atoms with E-state index in [0.717, 1.165) is 12.1 Å². The molecular weight excluding hydrogens is 237 g/mol. The van der Waals surface area contributed by atoms with E-state index in [2.05, 4.69) is 38.0 Å². The lowest BCUT2D eigenvalue weighted by molar-refractivity contribution is 0.410. The molecule has 0 aliphatic rings. The van der Waals surface area contributed by atoms with Gasteiger partial charge in [-0.25, -0.2) is 4.68 Å². The molecule has 0 amide bonds. The average molecular weight is 259 g/mol. The zero-order valence-electron chi connectivity index (χ0n) is 11.5. The monoisotopic (exact) mass is 259 g/mol. The van der Waals surface area contributed by atoms with Crippen LogP contribution in [0.25, 0.3) is 0 Å². The lowest BCUT2D eigenvalue weighted by Gasteiger charge is -2.30. The van der Waals surface area contributed by atoms with Crippen molar-refractivity contribution in [2.45, 2.75) is 64.2 Å². The Morgan fingerprint density at radius 2 is 1.94 bits per heavy atom. The van der Waals surface area contributed by atoms with Crippen molar-refractivity contribution in [3.05, 3.63) is 11.9 Å². The first-order valence-electron chi connectivity index (χ1n) is 5.90. The van der Waals surface area contributed by atoms with E-state index >= 15 is 0 Å². The molecule has 0 N–H and O–H groups in total. The fourth-order valence-corrected chi connectivity index (χ4v) is 2.44. The lowest BCUT2D eigenvalue weighted by Crippen LogP contribution is -2.28. The Bertz CT molecular complexity index is 372. The number of aromatic nitrogens is 3. The third-order valence-corrected chi connectivity index (χ3v) is 3.37. The average Bonchev–Trinajstić information content (AvgIpc) is 2.65. The number of rotatable bonds is 5. The Kier molecular flexibility index (Phi) is 4.23. The van der Waals surface area contributed by atoms with Gasteiger partial charge in [0.15, 0.2) is 0 Å². The molecule has 0 aromatic carbocycles. The molecule has 1 heterocycles. The Hall–Kier alpha value is -0.580. The molecule has 0 aliphatic heterocycles. The SMILES string of the molecule is CC(C)n1cc(C(C)(C)CC(C)(C)SF)nn1. The summed E-state index contributed by atoms with van der Waals surface area (Å²) in [6, 6.07) is 0.301. The van der Waals surface area contributed by atoms with E-state index in [9.17, 15) is 3.89 Å². The van der Waals surface area contributed by atoms with Gasteiger partial charge in [-0.05, 0) is 34.1 Å². The van der Waals surface area contributed by atoms with Gasteiger partial charge in [-0.1, -0.05) is 19.1 Å². The van der Waals surface area contributed by atoms with E-state index in [1.165, 1.54) is 0 Å². The highest BCUT2D eigenvalue weighted by atomic mass is 32.2. The Morgan fingerprint density at radius 1 is 1.35 bits per heavy atom. The molecule has 0 fully saturated rings. The fraction of sp³-hybridized carbons (Fsp3) is 0.833. The summed E-state index contributed by atoms with van der Waals surface area (Å²) < 4.78 is 14.3. The summed E-state index contributed by atoms with van der Waals surface area (Å²) in [5, 5.41) is 8.31. The van der Waals surface area contributed by atoms with Crippen molar-refractivity contribution in [3.63, 3.8) is 0 Å². The molecule has 0 bridgehead atoms. The van der Waals surface area contributed by atoms with Crippen molar-refractivity contribution < 1.29 is 3.89 Å². The normalized spacial score (nSPS) is 13.4. The molecule has 17 heavy (non-hydrogen) atoms. The van der Waals surface area contributed by atoms with Crippen LogP contribution in [0.3, 0.4) is 0 Å². The van der Waals surface area contributed by atoms with Crippen LogP contribution in [-0.2, 0) is 5.41 Å². The standard InChI is InChI=1S/C12H22FN3S/c1-9(2)16-7-10(14-15-16)11(3,4)8-12(5,6)17-13/h7,9H,8H2,1-6H3. The Balaban J connectivity index is 2.89. The minimum atomic E-state index is -0.398. The maximum absolute atomic E-state index is 12.8. The van der Waals surface area contributed by atoms with Crippen molar-refractivity contribution in [3.8, 4) is 0 Å². The molecule has 3 nitrogen and oxygen atoms in total. The van der Waals surface area contributed by atoms with Gasteiger partial charge in [-0.15, -0.1) is 5.10 Å². The molecular formula is C12H22FN3S. The van der Waals surface area contributed by atoms with Crippen molar-refractivity contribution in [2.75, 3.05) is 0 Å². The first-order chi connectivity index (χ1) is 7.68. The third kappa shape index (κ3) is 3.69. The molecule has 0 saturated heterocycles. The van der Waals surface area contributed by atoms with Crippen LogP contribution in [-0.4, -0.2) is 19.7 Å². The van der Waals surface area contributed by atoms with Gasteiger partial charge < -0.3 is 0 Å². The van der Waals surface area contributed by atoms with E-state index in [4.69, 9.17) is 0 Å². The van der Waals surface area contributed by atoms with Gasteiger partial charge in [0, 0.05) is 22.4 Å². The highest BCUT2D eigenvalue weighted by molar-refractivity contribution is 7.95. The summed E-state index contributed by atoms with van der Waals surface area (Å²) in [4.78, 5) is 0. The van der Waals surface area contributed by atoms with Crippen LogP contribution < -0.4 is 0 Å². The highest BCUT2D eigenvalue weighted by Crippen LogP contribution is 2.38. The maximum Gasteiger partial charge on any atom is 0.0883 e. The summed E-state index contributed by atoms with van der Waals surface area (Å²) in [6.07, 6.45) is 2.68. The third-order valence-electron chi connectivity index (χ3n) is 2.81. The quantitative estimate of drug-likeness (QED) is 0.803. The number of hydrogen-bond acceptors (Lipinski definition) is 3. The van der Waals surface area contributed by atoms with Crippen LogP contribution in [0.1, 0.15) is 59.7 Å². The van der Waals surface area contributed by atoms with Crippen LogP contribution in [0.5, 0.6) is 0 Å². The van der Waals surface area contributed by atoms with E-state index in [1.807, 2.05) is 24.7 Å². The summed E-state index contributed by atoms with van der Waals surface area (Å²) >= 11 is 0.407. The van der Waals surface area contributed by atoms with Gasteiger partial charge in [0.05, 0.1) is 17.8 Å². The summed E-state index contributed by atoms with van der Waals surface area (Å²) in [5.41, 5.74) is 0.753. The summed E-state index contributed by atoms with van der Waals surface area (Å²) in [7, 11) is 0. The van der Waals surface area contributed by atoms with Gasteiger partial charge in [0.1, 0.15) is 0 Å². The molecule has 0 unspecified atom stereocenters. The zero-order chi connectivity index (χ0) is 13.3. The van der Waals surface area contributed by atoms with E-state index in [1.54, 1.807) is 0 Å². The highest BCUT2D eigenvalue weighted by Gasteiger charge is 2.33. The maximum atomic E-state index is 12.8. The van der Waals surface area contributed by atoms with Gasteiger partial charge in [-0.3, -0.25) is 0 Å². The molecule has 0 atom stereocenters. The molecule has 1 rings (SSSR count). The predicted molar refractivity (Wildman–Crippen MR) is 70.8 cm³/mol. The van der Waals surface area contributed by atoms with E-state index in [0.29, 0.717) is 18.2 Å². The number of halogens is 1. The second kappa shape index (κ2) is 4.96. The van der Waals surface area contributed by atoms with Crippen molar-refractivity contribution in [1.29, 1.82) is 0 Å². The molecule has 0 radical (unpaired) electrons. The van der Waals surface area contributed by atoms with Crippen molar-refractivity contribution >= 4 is 12.1 Å². The second-order valence-electron chi connectivity index (χ2n) is 6.08. The lowest BCUT2D eigenvalue weighted by atomic mass is 9.81. The van der Waals surface area contributed by atoms with Crippen LogP contribution >= 0.6 is 12.1 Å². The van der Waals surface area contributed by atoms with Gasteiger partial charge in [-0.2, -0.15) is 3.89 Å². The fourth-order valence-electron chi connectivity index (χ4n) is 2.02. The van der Waals surface area contributed by atoms with Crippen LogP contribution in [0.15, 0.2) is 6.20 Å². The second-order valence-corrected chi connectivity index (χ2v) is 7.33. The molecule has 0 saturated carbocycles. The number of hydrogen-bond donors (Lipinski definition) is 0. The smallest absolute Gasteiger partial charge is 0.0883 e. The molecule has 1 aromatic heterocycles. The van der Waals surface area contributed by atoms with Crippen LogP contribution in [0.2, 0.25) is 0 Å². The van der Waals surface area contributed by atoms with Gasteiger partial charge >= 0.3 is 0 Å². The summed E-state index contributed by atoms with van der Waals surface area (Å²) in [6.45, 7) is 12.1.